The highest BCUT2D eigenvalue weighted by molar-refractivity contribution is 7.22. The van der Waals surface area contributed by atoms with Crippen LogP contribution >= 0.6 is 34.5 Å². The summed E-state index contributed by atoms with van der Waals surface area (Å²) >= 11 is 13.8. The van der Waals surface area contributed by atoms with Crippen LogP contribution in [0.25, 0.3) is 16.0 Å². The molecule has 188 valence electrons. The minimum absolute atomic E-state index is 0.0635. The number of aromatic nitrogens is 1. The number of ether oxygens (including phenoxy) is 1. The van der Waals surface area contributed by atoms with Gasteiger partial charge >= 0.3 is 5.91 Å². The normalized spacial score (nSPS) is 17.1. The fourth-order valence-electron chi connectivity index (χ4n) is 4.26. The summed E-state index contributed by atoms with van der Waals surface area (Å²) in [5, 5.41) is 12.3. The molecular weight excluding hydrogens is 531 g/mol. The van der Waals surface area contributed by atoms with Gasteiger partial charge in [0.05, 0.1) is 38.5 Å². The number of halogens is 2. The van der Waals surface area contributed by atoms with Crippen molar-refractivity contribution >= 4 is 67.3 Å². The lowest BCUT2D eigenvalue weighted by atomic mass is 9.95. The van der Waals surface area contributed by atoms with Crippen LogP contribution in [-0.4, -0.2) is 28.4 Å². The third-order valence-electron chi connectivity index (χ3n) is 6.02. The van der Waals surface area contributed by atoms with E-state index in [1.165, 1.54) is 16.2 Å². The number of aliphatic hydroxyl groups is 1. The number of aryl methyl sites for hydroxylation is 1. The van der Waals surface area contributed by atoms with Gasteiger partial charge in [-0.25, -0.2) is 4.98 Å². The lowest BCUT2D eigenvalue weighted by Crippen LogP contribution is -2.29. The van der Waals surface area contributed by atoms with Crippen LogP contribution in [0, 0.1) is 6.92 Å². The second-order valence-electron chi connectivity index (χ2n) is 8.69. The van der Waals surface area contributed by atoms with Crippen molar-refractivity contribution in [2.75, 3.05) is 11.5 Å². The van der Waals surface area contributed by atoms with E-state index in [-0.39, 0.29) is 16.4 Å². The molecule has 0 aliphatic carbocycles. The van der Waals surface area contributed by atoms with Crippen molar-refractivity contribution in [1.82, 2.24) is 4.98 Å². The molecule has 2 heterocycles. The first-order valence-electron chi connectivity index (χ1n) is 11.6. The minimum atomic E-state index is -0.961. The number of ketones is 1. The maximum Gasteiger partial charge on any atom is 0.301 e. The van der Waals surface area contributed by atoms with E-state index in [1.807, 2.05) is 32.0 Å². The second-order valence-corrected chi connectivity index (χ2v) is 10.5. The molecule has 5 rings (SSSR count). The molecule has 1 amide bonds. The largest absolute Gasteiger partial charge is 0.507 e. The highest BCUT2D eigenvalue weighted by Crippen LogP contribution is 2.45. The topological polar surface area (TPSA) is 79.7 Å². The average Bonchev–Trinajstić information content (AvgIpc) is 3.41. The molecular formula is C28H22Cl2N2O4S. The lowest BCUT2D eigenvalue weighted by Gasteiger charge is -2.23. The Labute approximate surface area is 227 Å². The number of fused-ring (bicyclic) bond motifs is 1. The number of hydrogen-bond donors (Lipinski definition) is 1. The Morgan fingerprint density at radius 2 is 1.89 bits per heavy atom. The summed E-state index contributed by atoms with van der Waals surface area (Å²) in [4.78, 5) is 32.9. The van der Waals surface area contributed by atoms with Gasteiger partial charge < -0.3 is 9.84 Å². The number of nitrogens with zero attached hydrogens (tertiary/aromatic N) is 2. The molecule has 1 saturated heterocycles. The first kappa shape index (κ1) is 25.3. The molecule has 1 aliphatic heterocycles. The number of carbonyl (C=O) groups is 2. The Hall–Kier alpha value is -3.39. The fraction of sp³-hybridized carbons (Fsp3) is 0.179. The fourth-order valence-corrected chi connectivity index (χ4v) is 5.66. The molecule has 0 spiro atoms. The van der Waals surface area contributed by atoms with E-state index >= 15 is 0 Å². The summed E-state index contributed by atoms with van der Waals surface area (Å²) in [7, 11) is 0. The molecule has 4 aromatic rings. The van der Waals surface area contributed by atoms with Gasteiger partial charge in [0.25, 0.3) is 5.78 Å². The number of thiazole rings is 1. The molecule has 1 aliphatic rings. The Bertz CT molecular complexity index is 1580. The van der Waals surface area contributed by atoms with E-state index in [2.05, 4.69) is 4.98 Å². The van der Waals surface area contributed by atoms with E-state index in [4.69, 9.17) is 27.9 Å². The van der Waals surface area contributed by atoms with Gasteiger partial charge in [0.2, 0.25) is 0 Å². The minimum Gasteiger partial charge on any atom is -0.507 e. The van der Waals surface area contributed by atoms with Crippen LogP contribution in [0.1, 0.15) is 36.1 Å². The SMILES string of the molecule is CCCOc1cccc(C(O)=C2C(=O)C(=O)N(c3nc4ccc(C)cc4s3)C2c2ccc(Cl)c(Cl)c2)c1. The van der Waals surface area contributed by atoms with Gasteiger partial charge in [0, 0.05) is 5.56 Å². The molecule has 3 aromatic carbocycles. The van der Waals surface area contributed by atoms with Gasteiger partial charge in [-0.1, -0.05) is 65.7 Å². The third kappa shape index (κ3) is 4.70. The van der Waals surface area contributed by atoms with Crippen molar-refractivity contribution in [3.8, 4) is 5.75 Å². The van der Waals surface area contributed by atoms with Crippen molar-refractivity contribution in [3.05, 3.63) is 93.0 Å². The smallest absolute Gasteiger partial charge is 0.301 e. The Balaban J connectivity index is 1.70. The van der Waals surface area contributed by atoms with Gasteiger partial charge in [-0.2, -0.15) is 0 Å². The maximum atomic E-state index is 13.5. The summed E-state index contributed by atoms with van der Waals surface area (Å²) in [5.74, 6) is -1.36. The van der Waals surface area contributed by atoms with Crippen LogP contribution in [0.5, 0.6) is 5.75 Å². The first-order valence-corrected chi connectivity index (χ1v) is 13.2. The number of amides is 1. The third-order valence-corrected chi connectivity index (χ3v) is 7.78. The predicted molar refractivity (Wildman–Crippen MR) is 148 cm³/mol. The molecule has 1 aromatic heterocycles. The van der Waals surface area contributed by atoms with Crippen LogP contribution in [0.3, 0.4) is 0 Å². The number of rotatable bonds is 6. The molecule has 1 N–H and O–H groups in total. The molecule has 37 heavy (non-hydrogen) atoms. The molecule has 1 fully saturated rings. The molecule has 0 bridgehead atoms. The first-order chi connectivity index (χ1) is 17.8. The molecule has 0 saturated carbocycles. The molecule has 0 radical (unpaired) electrons. The monoisotopic (exact) mass is 552 g/mol. The molecule has 1 unspecified atom stereocenters. The lowest BCUT2D eigenvalue weighted by molar-refractivity contribution is -0.132. The van der Waals surface area contributed by atoms with Gasteiger partial charge in [0.1, 0.15) is 11.5 Å². The van der Waals surface area contributed by atoms with Crippen molar-refractivity contribution in [3.63, 3.8) is 0 Å². The zero-order valence-corrected chi connectivity index (χ0v) is 22.3. The molecule has 1 atom stereocenters. The van der Waals surface area contributed by atoms with Crippen LogP contribution in [0.2, 0.25) is 10.0 Å². The zero-order chi connectivity index (χ0) is 26.3. The zero-order valence-electron chi connectivity index (χ0n) is 20.0. The Morgan fingerprint density at radius 1 is 1.08 bits per heavy atom. The van der Waals surface area contributed by atoms with Crippen LogP contribution < -0.4 is 9.64 Å². The summed E-state index contributed by atoms with van der Waals surface area (Å²) in [6.07, 6.45) is 0.820. The van der Waals surface area contributed by atoms with Gasteiger partial charge in [-0.3, -0.25) is 14.5 Å². The Kier molecular flexibility index (Phi) is 6.94. The van der Waals surface area contributed by atoms with Crippen molar-refractivity contribution in [2.24, 2.45) is 0 Å². The van der Waals surface area contributed by atoms with E-state index in [9.17, 15) is 14.7 Å². The van der Waals surface area contributed by atoms with E-state index < -0.39 is 17.7 Å². The number of hydrogen-bond acceptors (Lipinski definition) is 6. The second kappa shape index (κ2) is 10.2. The number of benzene rings is 3. The predicted octanol–water partition coefficient (Wildman–Crippen LogP) is 7.33. The van der Waals surface area contributed by atoms with Crippen molar-refractivity contribution in [1.29, 1.82) is 0 Å². The van der Waals surface area contributed by atoms with Crippen molar-refractivity contribution in [2.45, 2.75) is 26.3 Å². The average molecular weight is 553 g/mol. The Morgan fingerprint density at radius 3 is 2.65 bits per heavy atom. The van der Waals surface area contributed by atoms with E-state index in [0.717, 1.165) is 16.7 Å². The number of carbonyl (C=O) groups excluding carboxylic acids is 2. The van der Waals surface area contributed by atoms with Crippen LogP contribution in [0.15, 0.2) is 66.2 Å². The van der Waals surface area contributed by atoms with Crippen LogP contribution in [0.4, 0.5) is 5.13 Å². The summed E-state index contributed by atoms with van der Waals surface area (Å²) in [5.41, 5.74) is 2.57. The summed E-state index contributed by atoms with van der Waals surface area (Å²) in [6.45, 7) is 4.47. The van der Waals surface area contributed by atoms with Gasteiger partial charge in [0.15, 0.2) is 5.13 Å². The van der Waals surface area contributed by atoms with E-state index in [0.29, 0.717) is 39.2 Å². The van der Waals surface area contributed by atoms with E-state index in [1.54, 1.807) is 42.5 Å². The summed E-state index contributed by atoms with van der Waals surface area (Å²) in [6, 6.07) is 16.5. The highest BCUT2D eigenvalue weighted by atomic mass is 35.5. The van der Waals surface area contributed by atoms with Crippen LogP contribution in [-0.2, 0) is 9.59 Å². The number of Topliss-reactive ketones (excluding diaryl/α,β-unsaturated/α-hetero) is 1. The maximum absolute atomic E-state index is 13.5. The van der Waals surface area contributed by atoms with Gasteiger partial charge in [-0.15, -0.1) is 0 Å². The standard InChI is InChI=1S/C28H22Cl2N2O4S/c1-3-11-36-18-6-4-5-17(13-18)25(33)23-24(16-8-9-19(29)20(30)14-16)32(27(35)26(23)34)28-31-21-10-7-15(2)12-22(21)37-28/h4-10,12-14,24,33H,3,11H2,1-2H3. The molecule has 6 nitrogen and oxygen atoms in total. The van der Waals surface area contributed by atoms with Crippen molar-refractivity contribution < 1.29 is 19.4 Å². The quantitative estimate of drug-likeness (QED) is 0.154. The molecule has 9 heteroatoms. The number of anilines is 1. The van der Waals surface area contributed by atoms with Gasteiger partial charge in [-0.05, 0) is 60.9 Å². The number of aliphatic hydroxyl groups excluding tert-OH is 1. The highest BCUT2D eigenvalue weighted by Gasteiger charge is 2.48. The summed E-state index contributed by atoms with van der Waals surface area (Å²) < 4.78 is 6.57.